The summed E-state index contributed by atoms with van der Waals surface area (Å²) in [6.45, 7) is 5.34. The van der Waals surface area contributed by atoms with E-state index in [0.717, 1.165) is 43.4 Å². The van der Waals surface area contributed by atoms with Gasteiger partial charge in [-0.25, -0.2) is 8.42 Å². The lowest BCUT2D eigenvalue weighted by molar-refractivity contribution is -0.121. The molecule has 0 saturated carbocycles. The Kier molecular flexibility index (Phi) is 12.0. The molecule has 2 heterocycles. The van der Waals surface area contributed by atoms with Crippen molar-refractivity contribution in [2.45, 2.75) is 11.3 Å². The lowest BCUT2D eigenvalue weighted by atomic mass is 10.3. The number of halogens is 2. The molecule has 1 amide bonds. The maximum Gasteiger partial charge on any atom is 0.244 e. The molecule has 2 N–H and O–H groups in total. The van der Waals surface area contributed by atoms with Crippen molar-refractivity contribution in [1.82, 2.24) is 24.8 Å². The molecule has 0 unspecified atom stereocenters. The molecule has 1 aliphatic rings. The molecule has 0 aliphatic carbocycles. The Balaban J connectivity index is 0.00000312. The van der Waals surface area contributed by atoms with Crippen LogP contribution in [0.2, 0.25) is 0 Å². The Labute approximate surface area is 167 Å². The third-order valence-electron chi connectivity index (χ3n) is 3.89. The van der Waals surface area contributed by atoms with E-state index in [2.05, 4.69) is 20.5 Å². The summed E-state index contributed by atoms with van der Waals surface area (Å²) >= 11 is 0. The van der Waals surface area contributed by atoms with Crippen LogP contribution in [0.15, 0.2) is 29.4 Å². The van der Waals surface area contributed by atoms with Gasteiger partial charge in [-0.3, -0.25) is 9.78 Å². The van der Waals surface area contributed by atoms with Crippen LogP contribution in [0.3, 0.4) is 0 Å². The summed E-state index contributed by atoms with van der Waals surface area (Å²) in [5, 5.41) is 6.07. The largest absolute Gasteiger partial charge is 0.355 e. The first-order valence-corrected chi connectivity index (χ1v) is 9.50. The fourth-order valence-electron chi connectivity index (χ4n) is 2.49. The molecule has 1 aromatic rings. The van der Waals surface area contributed by atoms with E-state index in [1.54, 1.807) is 6.07 Å². The van der Waals surface area contributed by atoms with Crippen LogP contribution in [0.25, 0.3) is 0 Å². The number of amides is 1. The minimum absolute atomic E-state index is 0. The maximum absolute atomic E-state index is 12.3. The zero-order valence-electron chi connectivity index (χ0n) is 14.8. The molecule has 1 aromatic heterocycles. The minimum atomic E-state index is -3.69. The number of hydrogen-bond donors (Lipinski definition) is 2. The number of pyridine rings is 1. The Bertz CT molecular complexity index is 627. The van der Waals surface area contributed by atoms with Crippen LogP contribution in [0, 0.1) is 0 Å². The Morgan fingerprint density at radius 2 is 2.04 bits per heavy atom. The van der Waals surface area contributed by atoms with E-state index in [-0.39, 0.29) is 42.2 Å². The Morgan fingerprint density at radius 1 is 1.35 bits per heavy atom. The van der Waals surface area contributed by atoms with Crippen molar-refractivity contribution in [2.75, 3.05) is 52.9 Å². The fraction of sp³-hybridized carbons (Fsp3) is 0.600. The van der Waals surface area contributed by atoms with Gasteiger partial charge in [0, 0.05) is 52.2 Å². The second kappa shape index (κ2) is 12.4. The van der Waals surface area contributed by atoms with Gasteiger partial charge in [-0.15, -0.1) is 24.8 Å². The smallest absolute Gasteiger partial charge is 0.244 e. The standard InChI is InChI=1S/C15H25N5O3S.2ClH/c1-19(24(22,23)14-4-2-5-17-12-14)13-15(21)18-6-3-9-20-10-7-16-8-11-20;;/h2,4-5,12,16H,3,6-11,13H2,1H3,(H,18,21);2*1H. The van der Waals surface area contributed by atoms with Crippen molar-refractivity contribution in [3.05, 3.63) is 24.5 Å². The Morgan fingerprint density at radius 3 is 2.65 bits per heavy atom. The highest BCUT2D eigenvalue weighted by atomic mass is 35.5. The second-order valence-electron chi connectivity index (χ2n) is 5.74. The van der Waals surface area contributed by atoms with E-state index in [0.29, 0.717) is 6.54 Å². The maximum atomic E-state index is 12.3. The van der Waals surface area contributed by atoms with Crippen LogP contribution in [-0.4, -0.2) is 81.4 Å². The highest BCUT2D eigenvalue weighted by molar-refractivity contribution is 7.89. The SMILES string of the molecule is CN(CC(=O)NCCCN1CCNCC1)S(=O)(=O)c1cccnc1.Cl.Cl. The first-order chi connectivity index (χ1) is 11.5. The number of likely N-dealkylation sites (N-methyl/N-ethyl adjacent to an activating group) is 1. The first kappa shape index (κ1) is 25.0. The van der Waals surface area contributed by atoms with Gasteiger partial charge in [0.1, 0.15) is 4.90 Å². The van der Waals surface area contributed by atoms with Gasteiger partial charge in [-0.1, -0.05) is 0 Å². The van der Waals surface area contributed by atoms with E-state index < -0.39 is 10.0 Å². The number of carbonyl (C=O) groups excluding carboxylic acids is 1. The predicted octanol–water partition coefficient (Wildman–Crippen LogP) is -0.0428. The van der Waals surface area contributed by atoms with Crippen LogP contribution in [0.5, 0.6) is 0 Å². The van der Waals surface area contributed by atoms with Crippen LogP contribution in [-0.2, 0) is 14.8 Å². The van der Waals surface area contributed by atoms with E-state index in [1.807, 2.05) is 0 Å². The number of hydrogen-bond acceptors (Lipinski definition) is 6. The third-order valence-corrected chi connectivity index (χ3v) is 5.68. The molecule has 11 heteroatoms. The van der Waals surface area contributed by atoms with Crippen LogP contribution >= 0.6 is 24.8 Å². The van der Waals surface area contributed by atoms with Gasteiger partial charge in [0.15, 0.2) is 0 Å². The minimum Gasteiger partial charge on any atom is -0.355 e. The van der Waals surface area contributed by atoms with Gasteiger partial charge in [0.2, 0.25) is 15.9 Å². The summed E-state index contributed by atoms with van der Waals surface area (Å²) in [4.78, 5) is 18.2. The fourth-order valence-corrected chi connectivity index (χ4v) is 3.58. The third kappa shape index (κ3) is 7.73. The average molecular weight is 428 g/mol. The van der Waals surface area contributed by atoms with Crippen molar-refractivity contribution in [1.29, 1.82) is 0 Å². The predicted molar refractivity (Wildman–Crippen MR) is 105 cm³/mol. The molecule has 1 saturated heterocycles. The van der Waals surface area contributed by atoms with Crippen molar-refractivity contribution in [3.8, 4) is 0 Å². The highest BCUT2D eigenvalue weighted by Gasteiger charge is 2.22. The first-order valence-electron chi connectivity index (χ1n) is 8.06. The molecular weight excluding hydrogens is 401 g/mol. The zero-order chi connectivity index (χ0) is 17.4. The lowest BCUT2D eigenvalue weighted by Crippen LogP contribution is -2.44. The molecule has 1 fully saturated rings. The van der Waals surface area contributed by atoms with E-state index >= 15 is 0 Å². The quantitative estimate of drug-likeness (QED) is 0.565. The molecule has 0 aromatic carbocycles. The molecule has 150 valence electrons. The van der Waals surface area contributed by atoms with E-state index in [9.17, 15) is 13.2 Å². The summed E-state index contributed by atoms with van der Waals surface area (Å²) in [7, 11) is -2.30. The topological polar surface area (TPSA) is 94.6 Å². The van der Waals surface area contributed by atoms with Crippen molar-refractivity contribution in [2.24, 2.45) is 0 Å². The van der Waals surface area contributed by atoms with Gasteiger partial charge in [-0.05, 0) is 25.1 Å². The monoisotopic (exact) mass is 427 g/mol. The normalized spacial score (nSPS) is 15.0. The number of aromatic nitrogens is 1. The van der Waals surface area contributed by atoms with E-state index in [4.69, 9.17) is 0 Å². The van der Waals surface area contributed by atoms with E-state index in [1.165, 1.54) is 25.5 Å². The zero-order valence-corrected chi connectivity index (χ0v) is 17.2. The number of nitrogens with one attached hydrogen (secondary N) is 2. The van der Waals surface area contributed by atoms with Gasteiger partial charge in [0.25, 0.3) is 0 Å². The Hall–Kier alpha value is -0.970. The highest BCUT2D eigenvalue weighted by Crippen LogP contribution is 2.11. The van der Waals surface area contributed by atoms with Crippen molar-refractivity contribution in [3.63, 3.8) is 0 Å². The molecule has 8 nitrogen and oxygen atoms in total. The molecule has 26 heavy (non-hydrogen) atoms. The summed E-state index contributed by atoms with van der Waals surface area (Å²) in [5.74, 6) is -0.301. The van der Waals surface area contributed by atoms with Gasteiger partial charge in [-0.2, -0.15) is 4.31 Å². The lowest BCUT2D eigenvalue weighted by Gasteiger charge is -2.27. The molecule has 0 radical (unpaired) electrons. The summed E-state index contributed by atoms with van der Waals surface area (Å²) in [5.41, 5.74) is 0. The van der Waals surface area contributed by atoms with Crippen LogP contribution in [0.4, 0.5) is 0 Å². The summed E-state index contributed by atoms with van der Waals surface area (Å²) in [6, 6.07) is 3.02. The molecule has 2 rings (SSSR count). The number of carbonyl (C=O) groups is 1. The van der Waals surface area contributed by atoms with Gasteiger partial charge in [0.05, 0.1) is 6.54 Å². The summed E-state index contributed by atoms with van der Waals surface area (Å²) in [6.07, 6.45) is 3.63. The van der Waals surface area contributed by atoms with Crippen molar-refractivity contribution < 1.29 is 13.2 Å². The second-order valence-corrected chi connectivity index (χ2v) is 7.79. The van der Waals surface area contributed by atoms with Gasteiger partial charge < -0.3 is 15.5 Å². The number of nitrogens with zero attached hydrogens (tertiary/aromatic N) is 3. The molecule has 0 spiro atoms. The summed E-state index contributed by atoms with van der Waals surface area (Å²) < 4.78 is 25.6. The molecule has 0 atom stereocenters. The molecule has 1 aliphatic heterocycles. The number of piperazine rings is 1. The number of sulfonamides is 1. The average Bonchev–Trinajstić information content (AvgIpc) is 2.60. The molecule has 0 bridgehead atoms. The van der Waals surface area contributed by atoms with Crippen LogP contribution < -0.4 is 10.6 Å². The number of rotatable bonds is 8. The van der Waals surface area contributed by atoms with Crippen LogP contribution in [0.1, 0.15) is 6.42 Å². The molecular formula is C15H27Cl2N5O3S. The van der Waals surface area contributed by atoms with Crippen molar-refractivity contribution >= 4 is 40.7 Å². The van der Waals surface area contributed by atoms with Gasteiger partial charge >= 0.3 is 0 Å².